The van der Waals surface area contributed by atoms with Gasteiger partial charge in [-0.15, -0.1) is 0 Å². The summed E-state index contributed by atoms with van der Waals surface area (Å²) in [6.07, 6.45) is 1.39. The van der Waals surface area contributed by atoms with Gasteiger partial charge in [0, 0.05) is 12.1 Å². The van der Waals surface area contributed by atoms with Crippen molar-refractivity contribution in [1.29, 1.82) is 0 Å². The van der Waals surface area contributed by atoms with Crippen LogP contribution in [0.4, 0.5) is 0 Å². The molecule has 0 bridgehead atoms. The minimum Gasteiger partial charge on any atom is -0.368 e. The molecular formula is C13H14N4O2S. The molecule has 20 heavy (non-hydrogen) atoms. The molecule has 1 saturated heterocycles. The summed E-state index contributed by atoms with van der Waals surface area (Å²) >= 11 is 1.11. The van der Waals surface area contributed by atoms with Crippen LogP contribution in [0, 0.1) is 0 Å². The standard InChI is InChI=1S/C13H14N4O2S/c1-13(12(14)19)5-2-6-17(13)11(18)8-3-4-9-10(7-8)16-20-15-9/h3-4,7H,2,5-6H2,1H3,(H2,14,19). The maximum atomic E-state index is 12.6. The van der Waals surface area contributed by atoms with Crippen molar-refractivity contribution in [2.45, 2.75) is 25.3 Å². The molecule has 1 aromatic heterocycles. The van der Waals surface area contributed by atoms with Crippen LogP contribution >= 0.6 is 11.7 Å². The van der Waals surface area contributed by atoms with E-state index in [2.05, 4.69) is 8.75 Å². The van der Waals surface area contributed by atoms with Crippen LogP contribution in [0.25, 0.3) is 11.0 Å². The highest BCUT2D eigenvalue weighted by molar-refractivity contribution is 7.00. The molecule has 1 atom stereocenters. The van der Waals surface area contributed by atoms with Gasteiger partial charge < -0.3 is 10.6 Å². The Bertz CT molecular complexity index is 698. The van der Waals surface area contributed by atoms with E-state index in [0.717, 1.165) is 23.7 Å². The van der Waals surface area contributed by atoms with Crippen molar-refractivity contribution in [3.05, 3.63) is 23.8 Å². The Morgan fingerprint density at radius 2 is 2.10 bits per heavy atom. The first-order valence-corrected chi connectivity index (χ1v) is 7.09. The zero-order chi connectivity index (χ0) is 14.3. The van der Waals surface area contributed by atoms with Crippen LogP contribution in [0.5, 0.6) is 0 Å². The second-order valence-electron chi connectivity index (χ2n) is 5.17. The summed E-state index contributed by atoms with van der Waals surface area (Å²) in [6, 6.07) is 5.19. The molecule has 2 aromatic rings. The van der Waals surface area contributed by atoms with Gasteiger partial charge >= 0.3 is 0 Å². The summed E-state index contributed by atoms with van der Waals surface area (Å²) in [5, 5.41) is 0. The minimum atomic E-state index is -0.896. The predicted octanol–water partition coefficient (Wildman–Crippen LogP) is 1.17. The first kappa shape index (κ1) is 13.0. The number of fused-ring (bicyclic) bond motifs is 1. The Kier molecular flexibility index (Phi) is 2.93. The number of nitrogens with two attached hydrogens (primary N) is 1. The van der Waals surface area contributed by atoms with Gasteiger partial charge in [-0.3, -0.25) is 9.59 Å². The van der Waals surface area contributed by atoms with Gasteiger partial charge in [-0.25, -0.2) is 0 Å². The number of aromatic nitrogens is 2. The Balaban J connectivity index is 1.97. The molecule has 1 unspecified atom stereocenters. The van der Waals surface area contributed by atoms with Crippen molar-refractivity contribution in [3.8, 4) is 0 Å². The maximum Gasteiger partial charge on any atom is 0.254 e. The molecule has 3 rings (SSSR count). The first-order valence-electron chi connectivity index (χ1n) is 6.36. The number of nitrogens with zero attached hydrogens (tertiary/aromatic N) is 3. The van der Waals surface area contributed by atoms with Crippen molar-refractivity contribution >= 4 is 34.6 Å². The molecule has 1 fully saturated rings. The van der Waals surface area contributed by atoms with Crippen molar-refractivity contribution in [2.75, 3.05) is 6.54 Å². The predicted molar refractivity (Wildman–Crippen MR) is 75.3 cm³/mol. The lowest BCUT2D eigenvalue weighted by Crippen LogP contribution is -2.53. The number of amides is 2. The molecule has 0 radical (unpaired) electrons. The van der Waals surface area contributed by atoms with Crippen molar-refractivity contribution in [1.82, 2.24) is 13.6 Å². The van der Waals surface area contributed by atoms with E-state index in [1.807, 2.05) is 0 Å². The highest BCUT2D eigenvalue weighted by Gasteiger charge is 2.44. The summed E-state index contributed by atoms with van der Waals surface area (Å²) in [5.74, 6) is -0.640. The molecule has 0 saturated carbocycles. The summed E-state index contributed by atoms with van der Waals surface area (Å²) in [4.78, 5) is 25.8. The zero-order valence-corrected chi connectivity index (χ0v) is 11.8. The molecular weight excluding hydrogens is 276 g/mol. The van der Waals surface area contributed by atoms with Gasteiger partial charge in [0.1, 0.15) is 16.6 Å². The second kappa shape index (κ2) is 4.52. The van der Waals surface area contributed by atoms with Gasteiger partial charge in [0.15, 0.2) is 0 Å². The fraction of sp³-hybridized carbons (Fsp3) is 0.385. The van der Waals surface area contributed by atoms with Crippen LogP contribution < -0.4 is 5.73 Å². The molecule has 2 amide bonds. The molecule has 1 aromatic carbocycles. The third-order valence-electron chi connectivity index (χ3n) is 3.92. The number of primary amides is 1. The van der Waals surface area contributed by atoms with Crippen LogP contribution in [0.1, 0.15) is 30.1 Å². The van der Waals surface area contributed by atoms with Crippen molar-refractivity contribution < 1.29 is 9.59 Å². The SMILES string of the molecule is CC1(C(N)=O)CCCN1C(=O)c1ccc2nsnc2c1. The second-order valence-corrected chi connectivity index (χ2v) is 5.69. The average Bonchev–Trinajstić information content (AvgIpc) is 3.03. The quantitative estimate of drug-likeness (QED) is 0.899. The Morgan fingerprint density at radius 1 is 1.35 bits per heavy atom. The van der Waals surface area contributed by atoms with E-state index in [1.165, 1.54) is 0 Å². The van der Waals surface area contributed by atoms with Gasteiger partial charge in [0.2, 0.25) is 5.91 Å². The van der Waals surface area contributed by atoms with Crippen molar-refractivity contribution in [2.24, 2.45) is 5.73 Å². The summed E-state index contributed by atoms with van der Waals surface area (Å²) < 4.78 is 8.23. The largest absolute Gasteiger partial charge is 0.368 e. The van der Waals surface area contributed by atoms with Gasteiger partial charge in [0.05, 0.1) is 11.7 Å². The number of carbonyl (C=O) groups excluding carboxylic acids is 2. The molecule has 7 heteroatoms. The van der Waals surface area contributed by atoms with E-state index in [9.17, 15) is 9.59 Å². The summed E-state index contributed by atoms with van der Waals surface area (Å²) in [5.41, 5.74) is 6.54. The van der Waals surface area contributed by atoms with Crippen LogP contribution in [-0.4, -0.2) is 37.5 Å². The highest BCUT2D eigenvalue weighted by atomic mass is 32.1. The number of carbonyl (C=O) groups is 2. The smallest absolute Gasteiger partial charge is 0.254 e. The van der Waals surface area contributed by atoms with E-state index in [-0.39, 0.29) is 5.91 Å². The van der Waals surface area contributed by atoms with E-state index in [4.69, 9.17) is 5.73 Å². The summed E-state index contributed by atoms with van der Waals surface area (Å²) in [7, 11) is 0. The molecule has 6 nitrogen and oxygen atoms in total. The number of likely N-dealkylation sites (tertiary alicyclic amines) is 1. The van der Waals surface area contributed by atoms with E-state index in [1.54, 1.807) is 30.0 Å². The van der Waals surface area contributed by atoms with E-state index in [0.29, 0.717) is 24.0 Å². The van der Waals surface area contributed by atoms with Gasteiger partial charge in [-0.1, -0.05) is 0 Å². The lowest BCUT2D eigenvalue weighted by molar-refractivity contribution is -0.126. The number of hydrogen-bond acceptors (Lipinski definition) is 5. The molecule has 2 N–H and O–H groups in total. The fourth-order valence-corrected chi connectivity index (χ4v) is 3.13. The molecule has 2 heterocycles. The monoisotopic (exact) mass is 290 g/mol. The highest BCUT2D eigenvalue weighted by Crippen LogP contribution is 2.30. The normalized spacial score (nSPS) is 22.4. The van der Waals surface area contributed by atoms with Crippen molar-refractivity contribution in [3.63, 3.8) is 0 Å². The van der Waals surface area contributed by atoms with E-state index >= 15 is 0 Å². The minimum absolute atomic E-state index is 0.182. The topological polar surface area (TPSA) is 89.2 Å². The fourth-order valence-electron chi connectivity index (χ4n) is 2.62. The Hall–Kier alpha value is -2.02. The van der Waals surface area contributed by atoms with Crippen LogP contribution in [0.15, 0.2) is 18.2 Å². The molecule has 104 valence electrons. The lowest BCUT2D eigenvalue weighted by atomic mass is 9.97. The maximum absolute atomic E-state index is 12.6. The number of benzene rings is 1. The van der Waals surface area contributed by atoms with Crippen LogP contribution in [0.3, 0.4) is 0 Å². The molecule has 0 aliphatic carbocycles. The van der Waals surface area contributed by atoms with Gasteiger partial charge in [-0.2, -0.15) is 8.75 Å². The van der Waals surface area contributed by atoms with Crippen LogP contribution in [-0.2, 0) is 4.79 Å². The third kappa shape index (κ3) is 1.85. The third-order valence-corrected chi connectivity index (χ3v) is 4.47. The van der Waals surface area contributed by atoms with E-state index < -0.39 is 11.4 Å². The number of rotatable bonds is 2. The van der Waals surface area contributed by atoms with Gasteiger partial charge in [0.25, 0.3) is 5.91 Å². The van der Waals surface area contributed by atoms with Gasteiger partial charge in [-0.05, 0) is 38.0 Å². The Morgan fingerprint density at radius 3 is 2.85 bits per heavy atom. The number of hydrogen-bond donors (Lipinski definition) is 1. The Labute approximate surface area is 119 Å². The first-order chi connectivity index (χ1) is 9.52. The lowest BCUT2D eigenvalue weighted by Gasteiger charge is -2.32. The molecule has 0 spiro atoms. The summed E-state index contributed by atoms with van der Waals surface area (Å²) in [6.45, 7) is 2.27. The zero-order valence-electron chi connectivity index (χ0n) is 11.0. The average molecular weight is 290 g/mol. The molecule has 1 aliphatic rings. The molecule has 1 aliphatic heterocycles. The van der Waals surface area contributed by atoms with Crippen LogP contribution in [0.2, 0.25) is 0 Å².